The Hall–Kier alpha value is -2.13. The molecule has 29 heavy (non-hydrogen) atoms. The molecule has 0 saturated carbocycles. The van der Waals surface area contributed by atoms with Gasteiger partial charge in [0.15, 0.2) is 0 Å². The number of benzene rings is 2. The first kappa shape index (κ1) is 23.2. The van der Waals surface area contributed by atoms with Crippen molar-refractivity contribution in [1.82, 2.24) is 9.62 Å². The summed E-state index contributed by atoms with van der Waals surface area (Å²) >= 11 is 6.10. The molecule has 0 aliphatic heterocycles. The van der Waals surface area contributed by atoms with E-state index >= 15 is 0 Å². The molecule has 1 amide bonds. The summed E-state index contributed by atoms with van der Waals surface area (Å²) in [5.74, 6) is -0.0305. The molecule has 0 spiro atoms. The molecule has 7 nitrogen and oxygen atoms in total. The van der Waals surface area contributed by atoms with E-state index in [4.69, 9.17) is 21.1 Å². The second kappa shape index (κ2) is 11.2. The molecule has 0 saturated heterocycles. The van der Waals surface area contributed by atoms with Gasteiger partial charge in [-0.15, -0.1) is 0 Å². The maximum atomic E-state index is 13.2. The van der Waals surface area contributed by atoms with Crippen LogP contribution in [0.4, 0.5) is 0 Å². The second-order valence-corrected chi connectivity index (χ2v) is 8.56. The van der Waals surface area contributed by atoms with Gasteiger partial charge >= 0.3 is 0 Å². The predicted octanol–water partition coefficient (Wildman–Crippen LogP) is 2.34. The van der Waals surface area contributed by atoms with Gasteiger partial charge in [0.2, 0.25) is 15.9 Å². The minimum atomic E-state index is -3.94. The standard InChI is InChI=1S/C20H25ClN2O5S/c1-27-13-11-22-20(24)15-23(12-10-16-6-4-3-5-7-16)29(25,26)17-8-9-19(28-2)18(21)14-17/h3-9,14H,10-13,15H2,1-2H3,(H,22,24). The van der Waals surface area contributed by atoms with Crippen molar-refractivity contribution in [3.63, 3.8) is 0 Å². The van der Waals surface area contributed by atoms with Crippen molar-refractivity contribution >= 4 is 27.5 Å². The molecule has 9 heteroatoms. The number of nitrogens with zero attached hydrogens (tertiary/aromatic N) is 1. The van der Waals surface area contributed by atoms with Gasteiger partial charge in [-0.3, -0.25) is 4.79 Å². The van der Waals surface area contributed by atoms with E-state index < -0.39 is 15.9 Å². The van der Waals surface area contributed by atoms with Crippen molar-refractivity contribution in [1.29, 1.82) is 0 Å². The number of ether oxygens (including phenoxy) is 2. The molecular weight excluding hydrogens is 416 g/mol. The van der Waals surface area contributed by atoms with Crippen molar-refractivity contribution in [2.45, 2.75) is 11.3 Å². The Balaban J connectivity index is 2.23. The molecule has 2 aromatic carbocycles. The molecule has 0 aromatic heterocycles. The monoisotopic (exact) mass is 440 g/mol. The normalized spacial score (nSPS) is 11.4. The quantitative estimate of drug-likeness (QED) is 0.542. The van der Waals surface area contributed by atoms with Gasteiger partial charge in [-0.1, -0.05) is 41.9 Å². The molecule has 0 bridgehead atoms. The van der Waals surface area contributed by atoms with Crippen LogP contribution in [0.25, 0.3) is 0 Å². The van der Waals surface area contributed by atoms with Crippen LogP contribution in [0.5, 0.6) is 5.75 Å². The number of nitrogens with one attached hydrogen (secondary N) is 1. The summed E-state index contributed by atoms with van der Waals surface area (Å²) in [6.07, 6.45) is 0.468. The molecule has 0 aliphatic rings. The molecule has 0 atom stereocenters. The number of hydrogen-bond donors (Lipinski definition) is 1. The fraction of sp³-hybridized carbons (Fsp3) is 0.350. The van der Waals surface area contributed by atoms with Gasteiger partial charge in [0.05, 0.1) is 30.2 Å². The Morgan fingerprint density at radius 2 is 1.86 bits per heavy atom. The summed E-state index contributed by atoms with van der Waals surface area (Å²) in [6, 6.07) is 13.7. The van der Waals surface area contributed by atoms with Crippen LogP contribution in [0.3, 0.4) is 0 Å². The first-order valence-electron chi connectivity index (χ1n) is 9.01. The van der Waals surface area contributed by atoms with Crippen LogP contribution >= 0.6 is 11.6 Å². The van der Waals surface area contributed by atoms with Gasteiger partial charge in [0.1, 0.15) is 5.75 Å². The fourth-order valence-electron chi connectivity index (χ4n) is 2.65. The number of carbonyl (C=O) groups is 1. The third-order valence-corrected chi connectivity index (χ3v) is 6.34. The van der Waals surface area contributed by atoms with Crippen molar-refractivity contribution in [2.75, 3.05) is 40.5 Å². The van der Waals surface area contributed by atoms with Crippen molar-refractivity contribution in [3.8, 4) is 5.75 Å². The topological polar surface area (TPSA) is 84.9 Å². The zero-order valence-corrected chi connectivity index (χ0v) is 18.0. The molecule has 2 aromatic rings. The van der Waals surface area contributed by atoms with Crippen molar-refractivity contribution in [2.24, 2.45) is 0 Å². The lowest BCUT2D eigenvalue weighted by atomic mass is 10.1. The first-order valence-corrected chi connectivity index (χ1v) is 10.8. The van der Waals surface area contributed by atoms with Gasteiger partial charge in [-0.05, 0) is 30.2 Å². The number of halogens is 1. The highest BCUT2D eigenvalue weighted by Crippen LogP contribution is 2.28. The molecule has 0 heterocycles. The van der Waals surface area contributed by atoms with E-state index in [2.05, 4.69) is 5.32 Å². The van der Waals surface area contributed by atoms with E-state index in [0.717, 1.165) is 9.87 Å². The minimum absolute atomic E-state index is 0.000975. The SMILES string of the molecule is COCCNC(=O)CN(CCc1ccccc1)S(=O)(=O)c1ccc(OC)c(Cl)c1. The summed E-state index contributed by atoms with van der Waals surface area (Å²) < 4.78 is 37.5. The molecule has 158 valence electrons. The molecule has 0 fully saturated rings. The molecule has 1 N–H and O–H groups in total. The Bertz CT molecular complexity index is 906. The smallest absolute Gasteiger partial charge is 0.243 e. The van der Waals surface area contributed by atoms with Gasteiger partial charge in [0, 0.05) is 20.2 Å². The highest BCUT2D eigenvalue weighted by molar-refractivity contribution is 7.89. The zero-order valence-electron chi connectivity index (χ0n) is 16.4. The average Bonchev–Trinajstić information content (AvgIpc) is 2.71. The van der Waals surface area contributed by atoms with Gasteiger partial charge in [-0.2, -0.15) is 4.31 Å². The van der Waals surface area contributed by atoms with E-state index in [0.29, 0.717) is 25.3 Å². The summed E-state index contributed by atoms with van der Waals surface area (Å²) in [6.45, 7) is 0.489. The molecule has 2 rings (SSSR count). The predicted molar refractivity (Wildman–Crippen MR) is 112 cm³/mol. The van der Waals surface area contributed by atoms with Crippen LogP contribution in [0.2, 0.25) is 5.02 Å². The largest absolute Gasteiger partial charge is 0.495 e. The number of hydrogen-bond acceptors (Lipinski definition) is 5. The summed E-state index contributed by atoms with van der Waals surface area (Å²) in [5, 5.41) is 2.83. The number of sulfonamides is 1. The Morgan fingerprint density at radius 3 is 2.48 bits per heavy atom. The Kier molecular flexibility index (Phi) is 8.91. The Labute approximate surface area is 176 Å². The summed E-state index contributed by atoms with van der Waals surface area (Å²) in [5.41, 5.74) is 0.972. The lowest BCUT2D eigenvalue weighted by Crippen LogP contribution is -2.42. The molecule has 0 aliphatic carbocycles. The van der Waals surface area contributed by atoms with Crippen LogP contribution in [-0.4, -0.2) is 59.1 Å². The van der Waals surface area contributed by atoms with Crippen LogP contribution in [0, 0.1) is 0 Å². The van der Waals surface area contributed by atoms with E-state index in [-0.39, 0.29) is 23.0 Å². The van der Waals surface area contributed by atoms with E-state index in [1.54, 1.807) is 0 Å². The maximum absolute atomic E-state index is 13.2. The number of carbonyl (C=O) groups excluding carboxylic acids is 1. The van der Waals surface area contributed by atoms with Crippen LogP contribution in [0.15, 0.2) is 53.4 Å². The third kappa shape index (κ3) is 6.71. The molecule has 0 radical (unpaired) electrons. The zero-order chi connectivity index (χ0) is 21.3. The summed E-state index contributed by atoms with van der Waals surface area (Å²) in [4.78, 5) is 12.3. The van der Waals surface area contributed by atoms with E-state index in [9.17, 15) is 13.2 Å². The second-order valence-electron chi connectivity index (χ2n) is 6.21. The van der Waals surface area contributed by atoms with E-state index in [1.807, 2.05) is 30.3 Å². The lowest BCUT2D eigenvalue weighted by molar-refractivity contribution is -0.121. The maximum Gasteiger partial charge on any atom is 0.243 e. The Morgan fingerprint density at radius 1 is 1.14 bits per heavy atom. The molecule has 0 unspecified atom stereocenters. The van der Waals surface area contributed by atoms with E-state index in [1.165, 1.54) is 32.4 Å². The minimum Gasteiger partial charge on any atom is -0.495 e. The molecular formula is C20H25ClN2O5S. The van der Waals surface area contributed by atoms with Crippen LogP contribution < -0.4 is 10.1 Å². The van der Waals surface area contributed by atoms with Crippen LogP contribution in [-0.2, 0) is 26.0 Å². The summed E-state index contributed by atoms with van der Waals surface area (Å²) in [7, 11) is -0.969. The van der Waals surface area contributed by atoms with Crippen molar-refractivity contribution < 1.29 is 22.7 Å². The van der Waals surface area contributed by atoms with Crippen LogP contribution in [0.1, 0.15) is 5.56 Å². The highest BCUT2D eigenvalue weighted by atomic mass is 35.5. The van der Waals surface area contributed by atoms with Gasteiger partial charge < -0.3 is 14.8 Å². The number of rotatable bonds is 11. The van der Waals surface area contributed by atoms with Gasteiger partial charge in [-0.25, -0.2) is 8.42 Å². The number of amides is 1. The average molecular weight is 441 g/mol. The number of methoxy groups -OCH3 is 2. The van der Waals surface area contributed by atoms with Gasteiger partial charge in [0.25, 0.3) is 0 Å². The first-order chi connectivity index (χ1) is 13.9. The lowest BCUT2D eigenvalue weighted by Gasteiger charge is -2.22. The van der Waals surface area contributed by atoms with Crippen molar-refractivity contribution in [3.05, 3.63) is 59.1 Å². The highest BCUT2D eigenvalue weighted by Gasteiger charge is 2.27. The fourth-order valence-corrected chi connectivity index (χ4v) is 4.39. The third-order valence-electron chi connectivity index (χ3n) is 4.20.